The van der Waals surface area contributed by atoms with Crippen LogP contribution >= 0.6 is 0 Å². The van der Waals surface area contributed by atoms with Crippen molar-refractivity contribution in [3.63, 3.8) is 0 Å². The molecule has 2 N–H and O–H groups in total. The fourth-order valence-electron chi connectivity index (χ4n) is 2.09. The van der Waals surface area contributed by atoms with E-state index in [9.17, 15) is 19.3 Å². The van der Waals surface area contributed by atoms with E-state index >= 15 is 0 Å². The van der Waals surface area contributed by atoms with Gasteiger partial charge in [0.2, 0.25) is 0 Å². The van der Waals surface area contributed by atoms with Crippen molar-refractivity contribution in [2.45, 2.75) is 0 Å². The molecule has 0 atom stereocenters. The van der Waals surface area contributed by atoms with Crippen LogP contribution in [0, 0.1) is 15.9 Å². The molecule has 0 aliphatic carbocycles. The Morgan fingerprint density at radius 3 is 2.52 bits per heavy atom. The molecule has 0 fully saturated rings. The Hall–Kier alpha value is -2.78. The van der Waals surface area contributed by atoms with Gasteiger partial charge in [0.1, 0.15) is 11.5 Å². The maximum atomic E-state index is 13.5. The van der Waals surface area contributed by atoms with Crippen molar-refractivity contribution in [1.29, 1.82) is 0 Å². The zero-order valence-electron chi connectivity index (χ0n) is 12.0. The molecular weight excluding hydrogens is 306 g/mol. The summed E-state index contributed by atoms with van der Waals surface area (Å²) in [6.45, 7) is 0. The van der Waals surface area contributed by atoms with E-state index in [0.717, 1.165) is 23.1 Å². The minimum absolute atomic E-state index is 0.0397. The van der Waals surface area contributed by atoms with Gasteiger partial charge >= 0.3 is 7.12 Å². The van der Waals surface area contributed by atoms with Crippen molar-refractivity contribution in [3.05, 3.63) is 64.0 Å². The third-order valence-corrected chi connectivity index (χ3v) is 3.21. The topological polar surface area (TPSA) is 104 Å². The van der Waals surface area contributed by atoms with Crippen LogP contribution in [-0.4, -0.2) is 35.0 Å². The number of halogens is 1. The van der Waals surface area contributed by atoms with Crippen LogP contribution in [0.3, 0.4) is 0 Å². The van der Waals surface area contributed by atoms with Crippen LogP contribution in [0.25, 0.3) is 0 Å². The summed E-state index contributed by atoms with van der Waals surface area (Å²) in [6.07, 6.45) is 0. The average Bonchev–Trinajstić information content (AvgIpc) is 2.52. The molecule has 2 aromatic rings. The van der Waals surface area contributed by atoms with Crippen molar-refractivity contribution in [3.8, 4) is 0 Å². The van der Waals surface area contributed by atoms with Crippen molar-refractivity contribution in [2.24, 2.45) is 0 Å². The van der Waals surface area contributed by atoms with Crippen LogP contribution in [0.2, 0.25) is 0 Å². The minimum atomic E-state index is -1.94. The zero-order valence-corrected chi connectivity index (χ0v) is 12.0. The first-order valence-corrected chi connectivity index (χ1v) is 6.49. The summed E-state index contributed by atoms with van der Waals surface area (Å²) < 4.78 is 13.5. The Labute approximate surface area is 130 Å². The summed E-state index contributed by atoms with van der Waals surface area (Å²) >= 11 is 0. The number of rotatable bonds is 4. The second-order valence-corrected chi connectivity index (χ2v) is 4.76. The van der Waals surface area contributed by atoms with Gasteiger partial charge in [0, 0.05) is 18.7 Å². The number of para-hydroxylation sites is 2. The van der Waals surface area contributed by atoms with E-state index in [4.69, 9.17) is 10.0 Å². The Bertz CT molecular complexity index is 769. The molecule has 118 valence electrons. The number of benzene rings is 2. The molecule has 0 saturated carbocycles. The molecule has 2 aromatic carbocycles. The van der Waals surface area contributed by atoms with Crippen LogP contribution < -0.4 is 10.4 Å². The van der Waals surface area contributed by atoms with Crippen LogP contribution in [0.15, 0.2) is 42.5 Å². The first-order valence-electron chi connectivity index (χ1n) is 6.49. The lowest BCUT2D eigenvalue weighted by Gasteiger charge is -2.17. The van der Waals surface area contributed by atoms with Gasteiger partial charge in [-0.3, -0.25) is 14.9 Å². The van der Waals surface area contributed by atoms with Gasteiger partial charge in [0.05, 0.1) is 4.92 Å². The number of amides is 1. The Morgan fingerprint density at radius 2 is 1.91 bits per heavy atom. The molecule has 7 nitrogen and oxygen atoms in total. The summed E-state index contributed by atoms with van der Waals surface area (Å²) in [7, 11) is -0.626. The highest BCUT2D eigenvalue weighted by atomic mass is 19.1. The number of nitro groups is 1. The number of carbonyl (C=O) groups is 1. The van der Waals surface area contributed by atoms with Crippen LogP contribution in [0.4, 0.5) is 15.8 Å². The summed E-state index contributed by atoms with van der Waals surface area (Å²) in [5.41, 5.74) is -0.585. The van der Waals surface area contributed by atoms with Gasteiger partial charge < -0.3 is 14.9 Å². The lowest BCUT2D eigenvalue weighted by molar-refractivity contribution is -0.384. The van der Waals surface area contributed by atoms with Gasteiger partial charge in [0.15, 0.2) is 0 Å². The van der Waals surface area contributed by atoms with Gasteiger partial charge in [-0.1, -0.05) is 12.1 Å². The van der Waals surface area contributed by atoms with Crippen LogP contribution in [0.1, 0.15) is 10.4 Å². The van der Waals surface area contributed by atoms with E-state index in [2.05, 4.69) is 0 Å². The molecule has 2 rings (SSSR count). The van der Waals surface area contributed by atoms with Gasteiger partial charge in [0.25, 0.3) is 11.6 Å². The number of nitrogens with zero attached hydrogens (tertiary/aromatic N) is 2. The van der Waals surface area contributed by atoms with Gasteiger partial charge in [-0.2, -0.15) is 0 Å². The van der Waals surface area contributed by atoms with E-state index in [1.54, 1.807) is 0 Å². The Kier molecular flexibility index (Phi) is 4.72. The van der Waals surface area contributed by atoms with Gasteiger partial charge in [-0.05, 0) is 29.7 Å². The third-order valence-electron chi connectivity index (χ3n) is 3.21. The van der Waals surface area contributed by atoms with E-state index in [0.29, 0.717) is 0 Å². The molecule has 0 aromatic heterocycles. The summed E-state index contributed by atoms with van der Waals surface area (Å²) in [5.74, 6) is -1.55. The van der Waals surface area contributed by atoms with Crippen LogP contribution in [0.5, 0.6) is 0 Å². The molecule has 0 saturated heterocycles. The smallest absolute Gasteiger partial charge is 0.423 e. The molecule has 0 bridgehead atoms. The van der Waals surface area contributed by atoms with Gasteiger partial charge in [-0.25, -0.2) is 4.39 Å². The quantitative estimate of drug-likeness (QED) is 0.490. The maximum absolute atomic E-state index is 13.5. The molecule has 1 amide bonds. The van der Waals surface area contributed by atoms with Crippen molar-refractivity contribution < 1.29 is 24.2 Å². The SMILES string of the molecule is CN(C(=O)c1cc(F)cc(B(O)O)c1)c1ccccc1[N+](=O)[O-]. The molecule has 23 heavy (non-hydrogen) atoms. The number of nitro benzene ring substituents is 1. The Morgan fingerprint density at radius 1 is 1.26 bits per heavy atom. The molecular formula is C14H12BFN2O5. The minimum Gasteiger partial charge on any atom is -0.423 e. The fourth-order valence-corrected chi connectivity index (χ4v) is 2.09. The molecule has 0 aliphatic rings. The van der Waals surface area contributed by atoms with E-state index in [1.165, 1.54) is 31.3 Å². The van der Waals surface area contributed by atoms with Crippen LogP contribution in [-0.2, 0) is 0 Å². The molecule has 0 heterocycles. The average molecular weight is 318 g/mol. The highest BCUT2D eigenvalue weighted by Gasteiger charge is 2.23. The molecule has 0 radical (unpaired) electrons. The van der Waals surface area contributed by atoms with Crippen molar-refractivity contribution >= 4 is 29.9 Å². The molecule has 0 spiro atoms. The largest absolute Gasteiger partial charge is 0.488 e. The standard InChI is InChI=1S/C14H12BFN2O5/c1-17(12-4-2-3-5-13(12)18(22)23)14(19)9-6-10(15(20)21)8-11(16)7-9/h2-8,20-21H,1H3. The fraction of sp³-hybridized carbons (Fsp3) is 0.0714. The second kappa shape index (κ2) is 6.55. The summed E-state index contributed by atoms with van der Waals surface area (Å²) in [6, 6.07) is 8.53. The monoisotopic (exact) mass is 318 g/mol. The van der Waals surface area contributed by atoms with E-state index in [1.807, 2.05) is 0 Å². The summed E-state index contributed by atoms with van der Waals surface area (Å²) in [4.78, 5) is 23.8. The third kappa shape index (κ3) is 3.53. The molecule has 9 heteroatoms. The second-order valence-electron chi connectivity index (χ2n) is 4.76. The predicted octanol–water partition coefficient (Wildman–Crippen LogP) is 0.690. The first kappa shape index (κ1) is 16.6. The summed E-state index contributed by atoms with van der Waals surface area (Å²) in [5, 5.41) is 29.2. The number of carbonyl (C=O) groups excluding carboxylic acids is 1. The highest BCUT2D eigenvalue weighted by molar-refractivity contribution is 6.58. The molecule has 0 unspecified atom stereocenters. The van der Waals surface area contributed by atoms with Crippen molar-refractivity contribution in [1.82, 2.24) is 0 Å². The highest BCUT2D eigenvalue weighted by Crippen LogP contribution is 2.27. The van der Waals surface area contributed by atoms with E-state index < -0.39 is 23.8 Å². The molecule has 0 aliphatic heterocycles. The maximum Gasteiger partial charge on any atom is 0.488 e. The predicted molar refractivity (Wildman–Crippen MR) is 82.1 cm³/mol. The normalized spacial score (nSPS) is 10.3. The van der Waals surface area contributed by atoms with Gasteiger partial charge in [-0.15, -0.1) is 0 Å². The Balaban J connectivity index is 2.43. The lowest BCUT2D eigenvalue weighted by atomic mass is 9.79. The number of anilines is 1. The lowest BCUT2D eigenvalue weighted by Crippen LogP contribution is -2.33. The zero-order chi connectivity index (χ0) is 17.1. The number of hydrogen-bond acceptors (Lipinski definition) is 5. The number of hydrogen-bond donors (Lipinski definition) is 2. The first-order chi connectivity index (χ1) is 10.8. The van der Waals surface area contributed by atoms with E-state index in [-0.39, 0.29) is 22.4 Å². The van der Waals surface area contributed by atoms with Crippen molar-refractivity contribution in [2.75, 3.05) is 11.9 Å².